The molecule has 0 radical (unpaired) electrons. The van der Waals surface area contributed by atoms with E-state index in [1.54, 1.807) is 30.3 Å². The van der Waals surface area contributed by atoms with Gasteiger partial charge in [0.1, 0.15) is 0 Å². The summed E-state index contributed by atoms with van der Waals surface area (Å²) >= 11 is 7.22. The molecule has 4 nitrogen and oxygen atoms in total. The predicted molar refractivity (Wildman–Crippen MR) is 106 cm³/mol. The smallest absolute Gasteiger partial charge is 0.265 e. The fraction of sp³-hybridized carbons (Fsp3) is 0.100. The molecule has 1 heterocycles. The van der Waals surface area contributed by atoms with Crippen molar-refractivity contribution in [2.45, 2.75) is 6.42 Å². The first-order valence-electron chi connectivity index (χ1n) is 8.10. The van der Waals surface area contributed by atoms with Crippen LogP contribution < -0.4 is 10.6 Å². The maximum Gasteiger partial charge on any atom is 0.265 e. The van der Waals surface area contributed by atoms with Crippen molar-refractivity contribution in [3.8, 4) is 0 Å². The largest absolute Gasteiger partial charge is 0.352 e. The minimum atomic E-state index is -0.221. The second-order valence-corrected chi connectivity index (χ2v) is 6.99. The molecule has 0 unspecified atom stereocenters. The molecule has 0 aliphatic heterocycles. The van der Waals surface area contributed by atoms with Crippen LogP contribution in [-0.2, 0) is 6.42 Å². The van der Waals surface area contributed by atoms with Gasteiger partial charge in [0.05, 0.1) is 16.1 Å². The molecule has 6 heteroatoms. The molecule has 3 rings (SSSR count). The van der Waals surface area contributed by atoms with Gasteiger partial charge in [-0.1, -0.05) is 41.9 Å². The second-order valence-electron chi connectivity index (χ2n) is 5.61. The molecule has 2 N–H and O–H groups in total. The number of amides is 2. The summed E-state index contributed by atoms with van der Waals surface area (Å²) in [5, 5.41) is 8.22. The van der Waals surface area contributed by atoms with E-state index in [2.05, 4.69) is 10.6 Å². The number of halogens is 1. The lowest BCUT2D eigenvalue weighted by Crippen LogP contribution is -2.27. The van der Waals surface area contributed by atoms with Gasteiger partial charge in [-0.2, -0.15) is 0 Å². The summed E-state index contributed by atoms with van der Waals surface area (Å²) in [5.41, 5.74) is 2.03. The molecule has 0 saturated heterocycles. The van der Waals surface area contributed by atoms with Crippen LogP contribution in [0.3, 0.4) is 0 Å². The molecule has 0 spiro atoms. The summed E-state index contributed by atoms with van der Waals surface area (Å²) in [6.07, 6.45) is 0.701. The Balaban J connectivity index is 1.62. The number of nitrogens with one attached hydrogen (secondary N) is 2. The zero-order valence-corrected chi connectivity index (χ0v) is 15.4. The Morgan fingerprint density at radius 2 is 1.69 bits per heavy atom. The van der Waals surface area contributed by atoms with Crippen LogP contribution in [0.2, 0.25) is 5.02 Å². The Kier molecular flexibility index (Phi) is 6.04. The van der Waals surface area contributed by atoms with E-state index in [-0.39, 0.29) is 11.8 Å². The highest BCUT2D eigenvalue weighted by Gasteiger charge is 2.14. The van der Waals surface area contributed by atoms with Crippen LogP contribution in [0.1, 0.15) is 25.6 Å². The lowest BCUT2D eigenvalue weighted by atomic mass is 10.1. The highest BCUT2D eigenvalue weighted by Crippen LogP contribution is 2.18. The Morgan fingerprint density at radius 3 is 2.42 bits per heavy atom. The average Bonchev–Trinajstić information content (AvgIpc) is 3.18. The van der Waals surface area contributed by atoms with E-state index < -0.39 is 0 Å². The van der Waals surface area contributed by atoms with E-state index in [9.17, 15) is 9.59 Å². The number of thiophene rings is 1. The zero-order valence-electron chi connectivity index (χ0n) is 13.9. The normalized spacial score (nSPS) is 10.3. The lowest BCUT2D eigenvalue weighted by molar-refractivity contribution is 0.0955. The molecule has 0 fully saturated rings. The van der Waals surface area contributed by atoms with Crippen LogP contribution >= 0.6 is 22.9 Å². The van der Waals surface area contributed by atoms with Crippen molar-refractivity contribution in [1.29, 1.82) is 0 Å². The van der Waals surface area contributed by atoms with Crippen LogP contribution in [0, 0.1) is 0 Å². The fourth-order valence-corrected chi connectivity index (χ4v) is 3.19. The van der Waals surface area contributed by atoms with Gasteiger partial charge >= 0.3 is 0 Å². The van der Waals surface area contributed by atoms with Gasteiger partial charge in [-0.15, -0.1) is 11.3 Å². The number of carbonyl (C=O) groups excluding carboxylic acids is 2. The maximum atomic E-state index is 12.5. The van der Waals surface area contributed by atoms with Crippen molar-refractivity contribution in [2.75, 3.05) is 11.9 Å². The standard InChI is InChI=1S/C20H17ClN2O2S/c21-15-9-7-14(8-10-15)11-12-22-19(24)16-4-1-2-5-17(16)23-20(25)18-6-3-13-26-18/h1-10,13H,11-12H2,(H,22,24)(H,23,25). The molecule has 2 amide bonds. The molecule has 26 heavy (non-hydrogen) atoms. The summed E-state index contributed by atoms with van der Waals surface area (Å²) in [6, 6.07) is 18.1. The van der Waals surface area contributed by atoms with Crippen LogP contribution in [0.4, 0.5) is 5.69 Å². The van der Waals surface area contributed by atoms with Gasteiger partial charge in [-0.25, -0.2) is 0 Å². The first kappa shape index (κ1) is 18.2. The summed E-state index contributed by atoms with van der Waals surface area (Å²) < 4.78 is 0. The van der Waals surface area contributed by atoms with Gasteiger partial charge in [0.15, 0.2) is 0 Å². The van der Waals surface area contributed by atoms with Crippen molar-refractivity contribution in [3.63, 3.8) is 0 Å². The van der Waals surface area contributed by atoms with Gasteiger partial charge in [-0.3, -0.25) is 9.59 Å². The maximum absolute atomic E-state index is 12.5. The molecule has 0 aliphatic rings. The number of hydrogen-bond acceptors (Lipinski definition) is 3. The van der Waals surface area contributed by atoms with E-state index in [4.69, 9.17) is 11.6 Å². The Morgan fingerprint density at radius 1 is 0.923 bits per heavy atom. The minimum absolute atomic E-state index is 0.221. The van der Waals surface area contributed by atoms with Crippen LogP contribution in [0.25, 0.3) is 0 Å². The Labute approximate surface area is 160 Å². The van der Waals surface area contributed by atoms with Crippen molar-refractivity contribution in [1.82, 2.24) is 5.32 Å². The Bertz CT molecular complexity index is 892. The molecule has 3 aromatic rings. The van der Waals surface area contributed by atoms with Crippen LogP contribution in [-0.4, -0.2) is 18.4 Å². The lowest BCUT2D eigenvalue weighted by Gasteiger charge is -2.11. The molecule has 2 aromatic carbocycles. The molecule has 0 saturated carbocycles. The topological polar surface area (TPSA) is 58.2 Å². The second kappa shape index (κ2) is 8.65. The van der Waals surface area contributed by atoms with Crippen molar-refractivity contribution in [2.24, 2.45) is 0 Å². The average molecular weight is 385 g/mol. The minimum Gasteiger partial charge on any atom is -0.352 e. The first-order valence-corrected chi connectivity index (χ1v) is 9.36. The third kappa shape index (κ3) is 4.71. The van der Waals surface area contributed by atoms with Gasteiger partial charge in [0, 0.05) is 11.6 Å². The van der Waals surface area contributed by atoms with Crippen molar-refractivity contribution in [3.05, 3.63) is 87.1 Å². The van der Waals surface area contributed by atoms with Gasteiger partial charge < -0.3 is 10.6 Å². The van der Waals surface area contributed by atoms with Gasteiger partial charge in [0.2, 0.25) is 0 Å². The monoisotopic (exact) mass is 384 g/mol. The highest BCUT2D eigenvalue weighted by atomic mass is 35.5. The van der Waals surface area contributed by atoms with Crippen LogP contribution in [0.15, 0.2) is 66.0 Å². The van der Waals surface area contributed by atoms with Crippen molar-refractivity contribution < 1.29 is 9.59 Å². The van der Waals surface area contributed by atoms with Crippen LogP contribution in [0.5, 0.6) is 0 Å². The van der Waals surface area contributed by atoms with Crippen molar-refractivity contribution >= 4 is 40.4 Å². The SMILES string of the molecule is O=C(Nc1ccccc1C(=O)NCCc1ccc(Cl)cc1)c1cccs1. The third-order valence-electron chi connectivity index (χ3n) is 3.78. The van der Waals surface area contributed by atoms with Gasteiger partial charge in [0.25, 0.3) is 11.8 Å². The molecular weight excluding hydrogens is 368 g/mol. The molecule has 1 aromatic heterocycles. The van der Waals surface area contributed by atoms with E-state index in [0.717, 1.165) is 5.56 Å². The summed E-state index contributed by atoms with van der Waals surface area (Å²) in [5.74, 6) is -0.442. The number of rotatable bonds is 6. The quantitative estimate of drug-likeness (QED) is 0.651. The molecular formula is C20H17ClN2O2S. The molecule has 0 aliphatic carbocycles. The van der Waals surface area contributed by atoms with E-state index >= 15 is 0 Å². The van der Waals surface area contributed by atoms with E-state index in [1.807, 2.05) is 35.7 Å². The third-order valence-corrected chi connectivity index (χ3v) is 4.90. The summed E-state index contributed by atoms with van der Waals surface area (Å²) in [4.78, 5) is 25.3. The highest BCUT2D eigenvalue weighted by molar-refractivity contribution is 7.12. The first-order chi connectivity index (χ1) is 12.6. The molecule has 0 bridgehead atoms. The number of anilines is 1. The fourth-order valence-electron chi connectivity index (χ4n) is 2.45. The number of benzene rings is 2. The number of para-hydroxylation sites is 1. The Hall–Kier alpha value is -2.63. The van der Waals surface area contributed by atoms with E-state index in [0.29, 0.717) is 34.1 Å². The zero-order chi connectivity index (χ0) is 18.4. The predicted octanol–water partition coefficient (Wildman–Crippen LogP) is 4.63. The summed E-state index contributed by atoms with van der Waals surface area (Å²) in [7, 11) is 0. The van der Waals surface area contributed by atoms with Gasteiger partial charge in [-0.05, 0) is 47.7 Å². The van der Waals surface area contributed by atoms with E-state index in [1.165, 1.54) is 11.3 Å². The molecule has 0 atom stereocenters. The number of carbonyl (C=O) groups is 2. The summed E-state index contributed by atoms with van der Waals surface area (Å²) in [6.45, 7) is 0.494. The molecule has 132 valence electrons. The number of hydrogen-bond donors (Lipinski definition) is 2.